The number of carbonyl (C=O) groups is 4. The first kappa shape index (κ1) is 22.9. The molecular weight excluding hydrogens is 441 g/mol. The molecule has 0 bridgehead atoms. The number of carboxylic acids is 2. The van der Waals surface area contributed by atoms with E-state index in [1.54, 1.807) is 0 Å². The first-order chi connectivity index (χ1) is 7.36. The number of hydrogen-bond acceptors (Lipinski definition) is 10. The van der Waals surface area contributed by atoms with Crippen LogP contribution in [0.1, 0.15) is 0 Å². The van der Waals surface area contributed by atoms with Crippen LogP contribution in [-0.4, -0.2) is 72.8 Å². The molecule has 13 heteroatoms. The minimum atomic E-state index is -1.92. The fourth-order valence-corrected chi connectivity index (χ4v) is 0.380. The van der Waals surface area contributed by atoms with Crippen LogP contribution in [0.3, 0.4) is 0 Å². The summed E-state index contributed by atoms with van der Waals surface area (Å²) in [5.74, 6) is -6.92. The van der Waals surface area contributed by atoms with E-state index in [9.17, 15) is 29.4 Å². The number of aliphatic carboxylic acids is 2. The molecule has 0 aliphatic heterocycles. The second-order valence-electron chi connectivity index (χ2n) is 1.48. The average molecular weight is 441 g/mol. The maximum atomic E-state index is 9.73. The molecule has 0 radical (unpaired) electrons. The Morgan fingerprint density at radius 3 is 1.06 bits per heavy atom. The number of hydrogen-bond donors (Lipinski definition) is 0. The molecule has 0 aromatic carbocycles. The quantitative estimate of drug-likeness (QED) is 0.176. The molecule has 17 heavy (non-hydrogen) atoms. The van der Waals surface area contributed by atoms with E-state index in [-0.39, 0.29) is 48.9 Å². The summed E-state index contributed by atoms with van der Waals surface area (Å²) in [6.45, 7) is 0. The van der Waals surface area contributed by atoms with E-state index in [1.165, 1.54) is 0 Å². The molecule has 0 saturated heterocycles. The first-order valence-electron chi connectivity index (χ1n) is 2.87. The van der Waals surface area contributed by atoms with Crippen LogP contribution in [0.15, 0.2) is 0 Å². The SMILES string of the molecule is O=C([O-])C(=O)O[O][Ti].O=C([O-])C(=O)O[O][Ti].[Ba+2]. The van der Waals surface area contributed by atoms with Gasteiger partial charge in [-0.3, -0.25) is 0 Å². The first-order valence-corrected chi connectivity index (χ1v) is 4.15. The summed E-state index contributed by atoms with van der Waals surface area (Å²) < 4.78 is 7.39. The molecule has 0 aliphatic rings. The molecule has 86 valence electrons. The Balaban J connectivity index is -0.000000218. The van der Waals surface area contributed by atoms with Gasteiger partial charge >= 0.3 is 161 Å². The monoisotopic (exact) mass is 442 g/mol. The summed E-state index contributed by atoms with van der Waals surface area (Å²) >= 11 is 2.03. The Labute approximate surface area is 158 Å². The Morgan fingerprint density at radius 1 is 0.765 bits per heavy atom. The van der Waals surface area contributed by atoms with E-state index >= 15 is 0 Å². The van der Waals surface area contributed by atoms with Gasteiger partial charge in [-0.05, 0) is 0 Å². The van der Waals surface area contributed by atoms with Gasteiger partial charge in [0.05, 0.1) is 0 Å². The van der Waals surface area contributed by atoms with Gasteiger partial charge < -0.3 is 0 Å². The maximum absolute atomic E-state index is 9.73. The van der Waals surface area contributed by atoms with E-state index in [0.29, 0.717) is 0 Å². The van der Waals surface area contributed by atoms with Crippen molar-refractivity contribution < 1.29 is 87.8 Å². The molecular formula is C4BaO10Ti2. The summed E-state index contributed by atoms with van der Waals surface area (Å²) in [7, 11) is 0. The van der Waals surface area contributed by atoms with Gasteiger partial charge in [-0.25, -0.2) is 0 Å². The minimum absolute atomic E-state index is 0. The van der Waals surface area contributed by atoms with Crippen LogP contribution in [0.5, 0.6) is 0 Å². The zero-order valence-corrected chi connectivity index (χ0v) is 15.4. The van der Waals surface area contributed by atoms with Crippen LogP contribution < -0.4 is 10.2 Å². The van der Waals surface area contributed by atoms with Crippen molar-refractivity contribution in [1.82, 2.24) is 0 Å². The van der Waals surface area contributed by atoms with Crippen LogP contribution in [0.4, 0.5) is 0 Å². The third kappa shape index (κ3) is 16.8. The van der Waals surface area contributed by atoms with Crippen molar-refractivity contribution >= 4 is 72.8 Å². The Kier molecular flexibility index (Phi) is 20.0. The molecule has 0 rings (SSSR count). The minimum Gasteiger partial charge on any atom is 2.00 e. The fraction of sp³-hybridized carbons (Fsp3) is 0. The molecule has 0 unspecified atom stereocenters. The van der Waals surface area contributed by atoms with E-state index in [0.717, 1.165) is 41.6 Å². The second-order valence-corrected chi connectivity index (χ2v) is 2.00. The summed E-state index contributed by atoms with van der Waals surface area (Å²) in [6.07, 6.45) is 0. The third-order valence-corrected chi connectivity index (χ3v) is 0.828. The topological polar surface area (TPSA) is 151 Å². The molecule has 0 fully saturated rings. The van der Waals surface area contributed by atoms with Gasteiger partial charge in [0.2, 0.25) is 0 Å². The molecule has 0 N–H and O–H groups in total. The van der Waals surface area contributed by atoms with Crippen molar-refractivity contribution in [2.75, 3.05) is 0 Å². The summed E-state index contributed by atoms with van der Waals surface area (Å²) in [4.78, 5) is 45.3. The van der Waals surface area contributed by atoms with Gasteiger partial charge in [0.25, 0.3) is 0 Å². The van der Waals surface area contributed by atoms with Crippen LogP contribution in [0.25, 0.3) is 0 Å². The molecule has 0 spiro atoms. The summed E-state index contributed by atoms with van der Waals surface area (Å²) in [5.41, 5.74) is 0. The van der Waals surface area contributed by atoms with Gasteiger partial charge in [-0.15, -0.1) is 0 Å². The third-order valence-electron chi connectivity index (χ3n) is 0.568. The largest absolute Gasteiger partial charge is 2.00 e. The van der Waals surface area contributed by atoms with Gasteiger partial charge in [-0.1, -0.05) is 0 Å². The second kappa shape index (κ2) is 14.9. The Morgan fingerprint density at radius 2 is 1.00 bits per heavy atom. The van der Waals surface area contributed by atoms with E-state index in [1.807, 2.05) is 0 Å². The Hall–Kier alpha value is 0.800. The molecule has 0 amide bonds. The smallest absolute Gasteiger partial charge is 2.00 e. The van der Waals surface area contributed by atoms with Gasteiger partial charge in [-0.2, -0.15) is 0 Å². The van der Waals surface area contributed by atoms with Crippen molar-refractivity contribution in [2.24, 2.45) is 0 Å². The van der Waals surface area contributed by atoms with Gasteiger partial charge in [0, 0.05) is 0 Å². The van der Waals surface area contributed by atoms with Crippen molar-refractivity contribution in [3.63, 3.8) is 0 Å². The zero-order chi connectivity index (χ0) is 13.1. The molecule has 0 aliphatic carbocycles. The van der Waals surface area contributed by atoms with Crippen molar-refractivity contribution in [1.29, 1.82) is 0 Å². The van der Waals surface area contributed by atoms with Crippen molar-refractivity contribution in [2.45, 2.75) is 0 Å². The number of rotatable bonds is 2. The summed E-state index contributed by atoms with van der Waals surface area (Å²) in [6, 6.07) is 0. The summed E-state index contributed by atoms with van der Waals surface area (Å²) in [5, 5.41) is 18.8. The van der Waals surface area contributed by atoms with Crippen LogP contribution in [0, 0.1) is 0 Å². The van der Waals surface area contributed by atoms with Crippen LogP contribution in [-0.2, 0) is 77.5 Å². The molecule has 0 heterocycles. The Bertz CT molecular complexity index is 251. The van der Waals surface area contributed by atoms with E-state index in [2.05, 4.69) is 16.7 Å². The predicted octanol–water partition coefficient (Wildman–Crippen LogP) is -5.03. The van der Waals surface area contributed by atoms with Crippen LogP contribution >= 0.6 is 0 Å². The van der Waals surface area contributed by atoms with Crippen LogP contribution in [0.2, 0.25) is 0 Å². The van der Waals surface area contributed by atoms with Gasteiger partial charge in [0.15, 0.2) is 0 Å². The number of carboxylic acid groups (broad SMARTS) is 2. The molecule has 0 aromatic rings. The number of carbonyl (C=O) groups excluding carboxylic acids is 4. The van der Waals surface area contributed by atoms with Gasteiger partial charge in [0.1, 0.15) is 0 Å². The standard InChI is InChI=1S/2C2H2O5.Ba.2Ti/c2*3-1(4)2(5)7-6;;;/h2*6H,(H,3,4);;;/q;;+2;2*+1/p-4. The molecule has 0 saturated carbocycles. The molecule has 0 aromatic heterocycles. The average Bonchev–Trinajstić information content (AvgIpc) is 2.19. The fourth-order valence-electron chi connectivity index (χ4n) is 0.144. The van der Waals surface area contributed by atoms with Crippen molar-refractivity contribution in [3.8, 4) is 0 Å². The van der Waals surface area contributed by atoms with E-state index in [4.69, 9.17) is 0 Å². The predicted molar refractivity (Wildman–Crippen MR) is 30.1 cm³/mol. The maximum Gasteiger partial charge on any atom is 2.00 e. The van der Waals surface area contributed by atoms with Crippen molar-refractivity contribution in [3.05, 3.63) is 0 Å². The molecule has 0 atom stereocenters. The normalized spacial score (nSPS) is 7.41. The van der Waals surface area contributed by atoms with E-state index < -0.39 is 23.9 Å². The zero-order valence-electron chi connectivity index (χ0n) is 7.79. The molecule has 10 nitrogen and oxygen atoms in total.